The molecular formula is C9H11N3. The van der Waals surface area contributed by atoms with Crippen LogP contribution in [-0.4, -0.2) is 15.9 Å². The van der Waals surface area contributed by atoms with Gasteiger partial charge in [-0.3, -0.25) is 0 Å². The summed E-state index contributed by atoms with van der Waals surface area (Å²) in [6.07, 6.45) is 6.62. The lowest BCUT2D eigenvalue weighted by Crippen LogP contribution is -2.04. The van der Waals surface area contributed by atoms with Crippen molar-refractivity contribution < 1.29 is 0 Å². The zero-order valence-electron chi connectivity index (χ0n) is 6.77. The van der Waals surface area contributed by atoms with Crippen LogP contribution in [0.5, 0.6) is 0 Å². The molecule has 0 atom stereocenters. The molecule has 0 amide bonds. The lowest BCUT2D eigenvalue weighted by molar-refractivity contribution is 0.960. The summed E-state index contributed by atoms with van der Waals surface area (Å²) >= 11 is 0. The fourth-order valence-corrected chi connectivity index (χ4v) is 1.36. The fourth-order valence-electron chi connectivity index (χ4n) is 1.36. The predicted molar refractivity (Wildman–Crippen MR) is 48.0 cm³/mol. The summed E-state index contributed by atoms with van der Waals surface area (Å²) in [5.41, 5.74) is 7.71. The molecule has 12 heavy (non-hydrogen) atoms. The number of hydrogen-bond donors (Lipinski definition) is 1. The standard InChI is InChI=1S/C9H11N3/c10-4-3-8-2-1-6-12-7-5-11-9(8)12/h1-2,5-7H,3-4,10H2. The topological polar surface area (TPSA) is 43.3 Å². The molecule has 0 saturated heterocycles. The number of imidazole rings is 1. The summed E-state index contributed by atoms with van der Waals surface area (Å²) in [5, 5.41) is 0. The van der Waals surface area contributed by atoms with E-state index in [1.807, 2.05) is 22.9 Å². The molecule has 0 radical (unpaired) electrons. The summed E-state index contributed by atoms with van der Waals surface area (Å²) in [6, 6.07) is 4.08. The second kappa shape index (κ2) is 2.95. The van der Waals surface area contributed by atoms with Crippen molar-refractivity contribution in [1.82, 2.24) is 9.38 Å². The molecule has 0 aliphatic rings. The average Bonchev–Trinajstić information content (AvgIpc) is 2.53. The fraction of sp³-hybridized carbons (Fsp3) is 0.222. The Morgan fingerprint density at radius 1 is 1.42 bits per heavy atom. The highest BCUT2D eigenvalue weighted by atomic mass is 15.0. The monoisotopic (exact) mass is 161 g/mol. The van der Waals surface area contributed by atoms with Crippen molar-refractivity contribution in [1.29, 1.82) is 0 Å². The third-order valence-electron chi connectivity index (χ3n) is 1.91. The summed E-state index contributed by atoms with van der Waals surface area (Å²) in [6.45, 7) is 0.673. The quantitative estimate of drug-likeness (QED) is 0.709. The van der Waals surface area contributed by atoms with Gasteiger partial charge in [-0.2, -0.15) is 0 Å². The van der Waals surface area contributed by atoms with Gasteiger partial charge in [-0.05, 0) is 24.6 Å². The molecule has 0 saturated carbocycles. The molecule has 2 aromatic rings. The van der Waals surface area contributed by atoms with E-state index in [0.717, 1.165) is 12.1 Å². The molecule has 0 aliphatic carbocycles. The maximum atomic E-state index is 5.48. The molecule has 0 spiro atoms. The predicted octanol–water partition coefficient (Wildman–Crippen LogP) is 0.835. The highest BCUT2D eigenvalue weighted by Crippen LogP contribution is 2.07. The van der Waals surface area contributed by atoms with Crippen LogP contribution in [0.15, 0.2) is 30.7 Å². The van der Waals surface area contributed by atoms with Crippen molar-refractivity contribution in [2.75, 3.05) is 6.54 Å². The third-order valence-corrected chi connectivity index (χ3v) is 1.91. The van der Waals surface area contributed by atoms with E-state index in [4.69, 9.17) is 5.73 Å². The minimum Gasteiger partial charge on any atom is -0.330 e. The highest BCUT2D eigenvalue weighted by Gasteiger charge is 1.99. The van der Waals surface area contributed by atoms with Crippen LogP contribution in [0.4, 0.5) is 0 Å². The minimum atomic E-state index is 0.673. The van der Waals surface area contributed by atoms with Crippen LogP contribution in [0, 0.1) is 0 Å². The first-order valence-electron chi connectivity index (χ1n) is 4.02. The maximum absolute atomic E-state index is 5.48. The summed E-state index contributed by atoms with van der Waals surface area (Å²) in [4.78, 5) is 4.24. The van der Waals surface area contributed by atoms with E-state index in [2.05, 4.69) is 11.1 Å². The molecular weight excluding hydrogens is 150 g/mol. The summed E-state index contributed by atoms with van der Waals surface area (Å²) < 4.78 is 2.00. The second-order valence-corrected chi connectivity index (χ2v) is 2.73. The molecule has 3 nitrogen and oxygen atoms in total. The number of rotatable bonds is 2. The smallest absolute Gasteiger partial charge is 0.139 e. The van der Waals surface area contributed by atoms with Crippen LogP contribution in [-0.2, 0) is 6.42 Å². The Labute approximate surface area is 70.8 Å². The number of pyridine rings is 1. The lowest BCUT2D eigenvalue weighted by atomic mass is 10.2. The molecule has 62 valence electrons. The molecule has 2 aromatic heterocycles. The van der Waals surface area contributed by atoms with Crippen LogP contribution in [0.25, 0.3) is 5.65 Å². The van der Waals surface area contributed by atoms with Gasteiger partial charge < -0.3 is 10.1 Å². The van der Waals surface area contributed by atoms with Gasteiger partial charge in [-0.1, -0.05) is 6.07 Å². The Hall–Kier alpha value is -1.35. The number of nitrogens with zero attached hydrogens (tertiary/aromatic N) is 2. The van der Waals surface area contributed by atoms with E-state index < -0.39 is 0 Å². The maximum Gasteiger partial charge on any atom is 0.139 e. The summed E-state index contributed by atoms with van der Waals surface area (Å²) in [7, 11) is 0. The van der Waals surface area contributed by atoms with Crippen LogP contribution in [0.3, 0.4) is 0 Å². The third kappa shape index (κ3) is 1.08. The van der Waals surface area contributed by atoms with Crippen LogP contribution in [0.1, 0.15) is 5.56 Å². The molecule has 2 rings (SSSR count). The van der Waals surface area contributed by atoms with Gasteiger partial charge in [-0.15, -0.1) is 0 Å². The number of nitrogens with two attached hydrogens (primary N) is 1. The minimum absolute atomic E-state index is 0.673. The van der Waals surface area contributed by atoms with Crippen molar-refractivity contribution in [3.63, 3.8) is 0 Å². The van der Waals surface area contributed by atoms with Crippen LogP contribution < -0.4 is 5.73 Å². The Morgan fingerprint density at radius 2 is 2.33 bits per heavy atom. The van der Waals surface area contributed by atoms with E-state index in [9.17, 15) is 0 Å². The molecule has 2 N–H and O–H groups in total. The van der Waals surface area contributed by atoms with Crippen molar-refractivity contribution in [3.8, 4) is 0 Å². The van der Waals surface area contributed by atoms with E-state index in [1.165, 1.54) is 5.56 Å². The van der Waals surface area contributed by atoms with E-state index in [0.29, 0.717) is 6.54 Å². The van der Waals surface area contributed by atoms with Gasteiger partial charge in [0.05, 0.1) is 0 Å². The Bertz CT molecular complexity index is 378. The van der Waals surface area contributed by atoms with Gasteiger partial charge in [0.1, 0.15) is 5.65 Å². The molecule has 0 bridgehead atoms. The molecule has 0 aromatic carbocycles. The zero-order valence-corrected chi connectivity index (χ0v) is 6.77. The molecule has 3 heteroatoms. The van der Waals surface area contributed by atoms with E-state index in [-0.39, 0.29) is 0 Å². The lowest BCUT2D eigenvalue weighted by Gasteiger charge is -2.00. The largest absolute Gasteiger partial charge is 0.330 e. The normalized spacial score (nSPS) is 10.8. The number of aromatic nitrogens is 2. The Morgan fingerprint density at radius 3 is 3.17 bits per heavy atom. The Balaban J connectivity index is 2.57. The second-order valence-electron chi connectivity index (χ2n) is 2.73. The van der Waals surface area contributed by atoms with Gasteiger partial charge in [0.25, 0.3) is 0 Å². The first-order chi connectivity index (χ1) is 5.92. The Kier molecular flexibility index (Phi) is 1.80. The van der Waals surface area contributed by atoms with Crippen LogP contribution in [0.2, 0.25) is 0 Å². The van der Waals surface area contributed by atoms with Crippen molar-refractivity contribution >= 4 is 5.65 Å². The van der Waals surface area contributed by atoms with Crippen molar-refractivity contribution in [3.05, 3.63) is 36.3 Å². The van der Waals surface area contributed by atoms with E-state index >= 15 is 0 Å². The average molecular weight is 161 g/mol. The first-order valence-corrected chi connectivity index (χ1v) is 4.02. The molecule has 0 aliphatic heterocycles. The number of hydrogen-bond acceptors (Lipinski definition) is 2. The van der Waals surface area contributed by atoms with Gasteiger partial charge in [0, 0.05) is 18.6 Å². The van der Waals surface area contributed by atoms with Crippen molar-refractivity contribution in [2.45, 2.75) is 6.42 Å². The zero-order chi connectivity index (χ0) is 8.39. The van der Waals surface area contributed by atoms with Gasteiger partial charge in [-0.25, -0.2) is 4.98 Å². The first kappa shape index (κ1) is 7.31. The molecule has 0 fully saturated rings. The SMILES string of the molecule is NCCc1cccn2ccnc12. The van der Waals surface area contributed by atoms with Crippen molar-refractivity contribution in [2.24, 2.45) is 5.73 Å². The van der Waals surface area contributed by atoms with Gasteiger partial charge >= 0.3 is 0 Å². The van der Waals surface area contributed by atoms with E-state index in [1.54, 1.807) is 6.20 Å². The van der Waals surface area contributed by atoms with Gasteiger partial charge in [0.15, 0.2) is 0 Å². The van der Waals surface area contributed by atoms with Crippen LogP contribution >= 0.6 is 0 Å². The molecule has 0 unspecified atom stereocenters. The summed E-state index contributed by atoms with van der Waals surface area (Å²) in [5.74, 6) is 0. The number of fused-ring (bicyclic) bond motifs is 1. The molecule has 2 heterocycles. The highest BCUT2D eigenvalue weighted by molar-refractivity contribution is 5.47. The van der Waals surface area contributed by atoms with Gasteiger partial charge in [0.2, 0.25) is 0 Å².